The average Bonchev–Trinajstić information content (AvgIpc) is 3.04. The van der Waals surface area contributed by atoms with E-state index in [1.54, 1.807) is 0 Å². The predicted octanol–water partition coefficient (Wildman–Crippen LogP) is 2.91. The van der Waals surface area contributed by atoms with Gasteiger partial charge in [0.05, 0.1) is 6.04 Å². The van der Waals surface area contributed by atoms with Crippen LogP contribution in [0.15, 0.2) is 24.3 Å². The summed E-state index contributed by atoms with van der Waals surface area (Å²) < 4.78 is 26.1. The fourth-order valence-electron chi connectivity index (χ4n) is 3.70. The summed E-state index contributed by atoms with van der Waals surface area (Å²) >= 11 is 0. The van der Waals surface area contributed by atoms with Crippen molar-refractivity contribution in [1.82, 2.24) is 10.2 Å². The molecule has 1 saturated heterocycles. The first-order valence-electron chi connectivity index (χ1n) is 8.06. The van der Waals surface area contributed by atoms with Crippen molar-refractivity contribution in [3.8, 4) is 0 Å². The highest BCUT2D eigenvalue weighted by Gasteiger charge is 2.34. The van der Waals surface area contributed by atoms with Crippen LogP contribution in [0.4, 0.5) is 8.78 Å². The van der Waals surface area contributed by atoms with Crippen molar-refractivity contribution in [2.45, 2.75) is 50.6 Å². The number of hydrogen-bond acceptors (Lipinski definition) is 2. The molecule has 0 radical (unpaired) electrons. The topological polar surface area (TPSA) is 32.3 Å². The number of carbonyl (C=O) groups excluding carboxylic acids is 1. The molecule has 1 fully saturated rings. The van der Waals surface area contributed by atoms with Crippen molar-refractivity contribution in [3.05, 3.63) is 35.4 Å². The molecule has 0 aromatic heterocycles. The van der Waals surface area contributed by atoms with Gasteiger partial charge in [-0.1, -0.05) is 24.3 Å². The number of benzene rings is 1. The Morgan fingerprint density at radius 2 is 2.09 bits per heavy atom. The van der Waals surface area contributed by atoms with Gasteiger partial charge in [0, 0.05) is 12.6 Å². The van der Waals surface area contributed by atoms with Crippen LogP contribution >= 0.6 is 0 Å². The Labute approximate surface area is 129 Å². The van der Waals surface area contributed by atoms with Gasteiger partial charge in [-0.2, -0.15) is 8.78 Å². The average molecular weight is 308 g/mol. The highest BCUT2D eigenvalue weighted by molar-refractivity contribution is 5.80. The monoisotopic (exact) mass is 308 g/mol. The van der Waals surface area contributed by atoms with E-state index in [2.05, 4.69) is 5.32 Å². The highest BCUT2D eigenvalue weighted by Crippen LogP contribution is 2.35. The minimum atomic E-state index is -2.93. The van der Waals surface area contributed by atoms with E-state index in [1.165, 1.54) is 10.5 Å². The molecule has 3 nitrogen and oxygen atoms in total. The maximum Gasteiger partial charge on any atom is 0.315 e. The Morgan fingerprint density at radius 3 is 2.82 bits per heavy atom. The zero-order chi connectivity index (χ0) is 15.5. The molecule has 2 atom stereocenters. The van der Waals surface area contributed by atoms with Gasteiger partial charge in [0.1, 0.15) is 0 Å². The van der Waals surface area contributed by atoms with Crippen molar-refractivity contribution < 1.29 is 13.6 Å². The SMILES string of the molecule is O=C(C(F)F)N(C[C@@H]1CCCN1)[C@H]1CCCc2ccccc21. The van der Waals surface area contributed by atoms with Crippen LogP contribution in [0.3, 0.4) is 0 Å². The number of fused-ring (bicyclic) bond motifs is 1. The summed E-state index contributed by atoms with van der Waals surface area (Å²) in [6.07, 6.45) is 1.72. The maximum atomic E-state index is 13.1. The molecule has 0 spiro atoms. The van der Waals surface area contributed by atoms with E-state index in [-0.39, 0.29) is 12.1 Å². The molecular weight excluding hydrogens is 286 g/mol. The molecule has 0 bridgehead atoms. The lowest BCUT2D eigenvalue weighted by molar-refractivity contribution is -0.146. The molecule has 1 aliphatic carbocycles. The summed E-state index contributed by atoms with van der Waals surface area (Å²) in [7, 11) is 0. The zero-order valence-corrected chi connectivity index (χ0v) is 12.6. The Balaban J connectivity index is 1.86. The zero-order valence-electron chi connectivity index (χ0n) is 12.6. The number of aryl methyl sites for hydroxylation is 1. The number of carbonyl (C=O) groups is 1. The standard InChI is InChI=1S/C17H22F2N2O/c18-16(19)17(22)21(11-13-7-4-10-20-13)15-9-3-6-12-5-1-2-8-14(12)15/h1-2,5,8,13,15-16,20H,3-4,6-7,9-11H2/t13-,15-/m0/s1. The Bertz CT molecular complexity index is 529. The third-order valence-corrected chi connectivity index (χ3v) is 4.76. The van der Waals surface area contributed by atoms with Crippen LogP contribution in [0, 0.1) is 0 Å². The van der Waals surface area contributed by atoms with Crippen LogP contribution in [0.1, 0.15) is 42.9 Å². The smallest absolute Gasteiger partial charge is 0.315 e. The summed E-state index contributed by atoms with van der Waals surface area (Å²) in [6, 6.07) is 7.84. The third kappa shape index (κ3) is 3.14. The van der Waals surface area contributed by atoms with Crippen molar-refractivity contribution in [2.75, 3.05) is 13.1 Å². The van der Waals surface area contributed by atoms with Gasteiger partial charge < -0.3 is 10.2 Å². The van der Waals surface area contributed by atoms with E-state index < -0.39 is 12.3 Å². The molecule has 1 amide bonds. The molecule has 1 heterocycles. The van der Waals surface area contributed by atoms with E-state index in [1.807, 2.05) is 24.3 Å². The summed E-state index contributed by atoms with van der Waals surface area (Å²) in [5.74, 6) is -1.03. The molecule has 5 heteroatoms. The largest absolute Gasteiger partial charge is 0.329 e. The van der Waals surface area contributed by atoms with Gasteiger partial charge in [-0.15, -0.1) is 0 Å². The van der Waals surface area contributed by atoms with Gasteiger partial charge in [-0.05, 0) is 49.8 Å². The minimum absolute atomic E-state index is 0.136. The molecule has 1 aliphatic heterocycles. The van der Waals surface area contributed by atoms with Crippen LogP contribution in [0.25, 0.3) is 0 Å². The number of nitrogens with one attached hydrogen (secondary N) is 1. The Kier molecular flexibility index (Phi) is 4.71. The van der Waals surface area contributed by atoms with Crippen molar-refractivity contribution in [2.24, 2.45) is 0 Å². The van der Waals surface area contributed by atoms with E-state index in [9.17, 15) is 13.6 Å². The normalized spacial score (nSPS) is 24.3. The summed E-state index contributed by atoms with van der Waals surface area (Å²) in [5, 5.41) is 3.31. The van der Waals surface area contributed by atoms with Gasteiger partial charge >= 0.3 is 6.43 Å². The molecule has 0 unspecified atom stereocenters. The number of hydrogen-bond donors (Lipinski definition) is 1. The number of nitrogens with zero attached hydrogens (tertiary/aromatic N) is 1. The second-order valence-electron chi connectivity index (χ2n) is 6.19. The van der Waals surface area contributed by atoms with Gasteiger partial charge in [-0.3, -0.25) is 4.79 Å². The van der Waals surface area contributed by atoms with Crippen LogP contribution in [0.5, 0.6) is 0 Å². The van der Waals surface area contributed by atoms with Crippen molar-refractivity contribution in [1.29, 1.82) is 0 Å². The minimum Gasteiger partial charge on any atom is -0.329 e. The van der Waals surface area contributed by atoms with E-state index in [0.717, 1.165) is 44.2 Å². The summed E-state index contributed by atoms with van der Waals surface area (Å²) in [6.45, 7) is 1.28. The number of amides is 1. The molecular formula is C17H22F2N2O. The summed E-state index contributed by atoms with van der Waals surface area (Å²) in [4.78, 5) is 13.5. The van der Waals surface area contributed by atoms with E-state index >= 15 is 0 Å². The lowest BCUT2D eigenvalue weighted by Crippen LogP contribution is -2.46. The molecule has 22 heavy (non-hydrogen) atoms. The quantitative estimate of drug-likeness (QED) is 0.927. The molecule has 1 aromatic rings. The van der Waals surface area contributed by atoms with Crippen molar-refractivity contribution in [3.63, 3.8) is 0 Å². The van der Waals surface area contributed by atoms with Gasteiger partial charge in [-0.25, -0.2) is 0 Å². The van der Waals surface area contributed by atoms with Crippen molar-refractivity contribution >= 4 is 5.91 Å². The van der Waals surface area contributed by atoms with Crippen LogP contribution < -0.4 is 5.32 Å². The maximum absolute atomic E-state index is 13.1. The molecule has 1 aromatic carbocycles. The lowest BCUT2D eigenvalue weighted by atomic mass is 9.86. The second kappa shape index (κ2) is 6.73. The molecule has 1 N–H and O–H groups in total. The van der Waals surface area contributed by atoms with Crippen LogP contribution in [-0.4, -0.2) is 36.4 Å². The molecule has 0 saturated carbocycles. The summed E-state index contributed by atoms with van der Waals surface area (Å²) in [5.41, 5.74) is 2.23. The molecule has 3 rings (SSSR count). The first kappa shape index (κ1) is 15.4. The number of rotatable bonds is 4. The third-order valence-electron chi connectivity index (χ3n) is 4.76. The first-order valence-corrected chi connectivity index (χ1v) is 8.06. The van der Waals surface area contributed by atoms with E-state index in [0.29, 0.717) is 6.54 Å². The molecule has 120 valence electrons. The van der Waals surface area contributed by atoms with E-state index in [4.69, 9.17) is 0 Å². The fraction of sp³-hybridized carbons (Fsp3) is 0.588. The fourth-order valence-corrected chi connectivity index (χ4v) is 3.70. The molecule has 2 aliphatic rings. The lowest BCUT2D eigenvalue weighted by Gasteiger charge is -2.37. The van der Waals surface area contributed by atoms with Crippen LogP contribution in [-0.2, 0) is 11.2 Å². The highest BCUT2D eigenvalue weighted by atomic mass is 19.3. The Hall–Kier alpha value is -1.49. The van der Waals surface area contributed by atoms with Gasteiger partial charge in [0.15, 0.2) is 0 Å². The number of alkyl halides is 2. The second-order valence-corrected chi connectivity index (χ2v) is 6.19. The van der Waals surface area contributed by atoms with Crippen LogP contribution in [0.2, 0.25) is 0 Å². The Morgan fingerprint density at radius 1 is 1.27 bits per heavy atom. The predicted molar refractivity (Wildman–Crippen MR) is 80.9 cm³/mol. The van der Waals surface area contributed by atoms with Gasteiger partial charge in [0.2, 0.25) is 0 Å². The number of halogens is 2. The van der Waals surface area contributed by atoms with Gasteiger partial charge in [0.25, 0.3) is 5.91 Å². The first-order chi connectivity index (χ1) is 10.7.